The van der Waals surface area contributed by atoms with E-state index in [0.29, 0.717) is 5.56 Å². The lowest BCUT2D eigenvalue weighted by Crippen LogP contribution is -2.41. The molecule has 0 radical (unpaired) electrons. The summed E-state index contributed by atoms with van der Waals surface area (Å²) in [5.41, 5.74) is -0.880. The highest BCUT2D eigenvalue weighted by atomic mass is 16.7. The van der Waals surface area contributed by atoms with Crippen molar-refractivity contribution in [1.82, 2.24) is 9.55 Å². The van der Waals surface area contributed by atoms with Gasteiger partial charge in [0.15, 0.2) is 12.5 Å². The van der Waals surface area contributed by atoms with Gasteiger partial charge in [0.2, 0.25) is 0 Å². The SMILES string of the molecule is COC(C)O[C@@H]1[C@H](O)[C@@H](CO)O[C@H]1n1cc(C)c(=O)[nH]c1=O. The number of hydrogen-bond donors (Lipinski definition) is 3. The second-order valence-electron chi connectivity index (χ2n) is 5.12. The minimum Gasteiger partial charge on any atom is -0.394 e. The summed E-state index contributed by atoms with van der Waals surface area (Å²) in [6, 6.07) is 0. The molecule has 1 unspecified atom stereocenters. The first-order valence-electron chi connectivity index (χ1n) is 6.83. The van der Waals surface area contributed by atoms with Crippen molar-refractivity contribution < 1.29 is 24.4 Å². The van der Waals surface area contributed by atoms with Crippen molar-refractivity contribution in [2.24, 2.45) is 0 Å². The number of aromatic nitrogens is 2. The van der Waals surface area contributed by atoms with Crippen LogP contribution in [0.5, 0.6) is 0 Å². The Hall–Kier alpha value is -1.52. The van der Waals surface area contributed by atoms with Crippen LogP contribution in [0.2, 0.25) is 0 Å². The van der Waals surface area contributed by atoms with E-state index in [1.165, 1.54) is 20.2 Å². The van der Waals surface area contributed by atoms with Crippen molar-refractivity contribution in [2.75, 3.05) is 13.7 Å². The minimum atomic E-state index is -1.15. The van der Waals surface area contributed by atoms with E-state index in [9.17, 15) is 19.8 Å². The van der Waals surface area contributed by atoms with Gasteiger partial charge < -0.3 is 24.4 Å². The van der Waals surface area contributed by atoms with Crippen molar-refractivity contribution in [2.45, 2.75) is 44.7 Å². The number of ether oxygens (including phenoxy) is 3. The fourth-order valence-electron chi connectivity index (χ4n) is 2.29. The number of hydrogen-bond acceptors (Lipinski definition) is 7. The first kappa shape index (κ1) is 16.8. The second kappa shape index (κ2) is 6.71. The molecule has 3 N–H and O–H groups in total. The molecule has 1 aromatic rings. The number of aryl methyl sites for hydroxylation is 1. The molecule has 1 fully saturated rings. The van der Waals surface area contributed by atoms with Gasteiger partial charge in [-0.1, -0.05) is 0 Å². The van der Waals surface area contributed by atoms with Gasteiger partial charge in [0.05, 0.1) is 6.61 Å². The lowest BCUT2D eigenvalue weighted by atomic mass is 10.1. The molecule has 9 heteroatoms. The zero-order valence-corrected chi connectivity index (χ0v) is 12.6. The second-order valence-corrected chi connectivity index (χ2v) is 5.12. The van der Waals surface area contributed by atoms with Gasteiger partial charge in [-0.15, -0.1) is 0 Å². The van der Waals surface area contributed by atoms with E-state index in [0.717, 1.165) is 4.57 Å². The standard InChI is InChI=1S/C13H20N2O7/c1-6-4-15(13(19)14-11(6)18)12-10(21-7(2)20-3)9(17)8(5-16)22-12/h4,7-10,12,16-17H,5H2,1-3H3,(H,14,18,19)/t7?,8-,9-,10-,12-/m1/s1. The lowest BCUT2D eigenvalue weighted by molar-refractivity contribution is -0.182. The van der Waals surface area contributed by atoms with E-state index in [1.54, 1.807) is 6.92 Å². The van der Waals surface area contributed by atoms with Crippen LogP contribution < -0.4 is 11.2 Å². The summed E-state index contributed by atoms with van der Waals surface area (Å²) in [4.78, 5) is 25.6. The number of nitrogens with zero attached hydrogens (tertiary/aromatic N) is 1. The van der Waals surface area contributed by atoms with Crippen LogP contribution in [-0.4, -0.2) is 58.1 Å². The molecule has 0 aromatic carbocycles. The van der Waals surface area contributed by atoms with E-state index in [4.69, 9.17) is 14.2 Å². The molecule has 9 nitrogen and oxygen atoms in total. The van der Waals surface area contributed by atoms with Gasteiger partial charge in [0.25, 0.3) is 5.56 Å². The van der Waals surface area contributed by atoms with Crippen molar-refractivity contribution in [3.8, 4) is 0 Å². The normalized spacial score (nSPS) is 29.7. The number of nitrogens with one attached hydrogen (secondary N) is 1. The highest BCUT2D eigenvalue weighted by Gasteiger charge is 2.46. The van der Waals surface area contributed by atoms with Crippen molar-refractivity contribution in [3.63, 3.8) is 0 Å². The molecule has 1 aliphatic rings. The van der Waals surface area contributed by atoms with Crippen LogP contribution in [0.4, 0.5) is 0 Å². The molecular weight excluding hydrogens is 296 g/mol. The highest BCUT2D eigenvalue weighted by Crippen LogP contribution is 2.31. The van der Waals surface area contributed by atoms with Crippen molar-refractivity contribution in [3.05, 3.63) is 32.6 Å². The van der Waals surface area contributed by atoms with Crippen LogP contribution in [0.15, 0.2) is 15.8 Å². The summed E-state index contributed by atoms with van der Waals surface area (Å²) < 4.78 is 17.2. The highest BCUT2D eigenvalue weighted by molar-refractivity contribution is 5.03. The van der Waals surface area contributed by atoms with E-state index >= 15 is 0 Å². The molecule has 1 saturated heterocycles. The van der Waals surface area contributed by atoms with Crippen LogP contribution in [-0.2, 0) is 14.2 Å². The largest absolute Gasteiger partial charge is 0.394 e. The number of rotatable bonds is 5. The quantitative estimate of drug-likeness (QED) is 0.563. The van der Waals surface area contributed by atoms with Crippen LogP contribution in [0.25, 0.3) is 0 Å². The Morgan fingerprint density at radius 3 is 2.77 bits per heavy atom. The summed E-state index contributed by atoms with van der Waals surface area (Å²) in [5, 5.41) is 19.4. The molecule has 22 heavy (non-hydrogen) atoms. The molecule has 0 bridgehead atoms. The summed E-state index contributed by atoms with van der Waals surface area (Å²) in [7, 11) is 1.43. The first-order valence-corrected chi connectivity index (χ1v) is 6.83. The molecule has 124 valence electrons. The number of aliphatic hydroxyl groups is 2. The molecule has 0 aliphatic carbocycles. The fraction of sp³-hybridized carbons (Fsp3) is 0.692. The Morgan fingerprint density at radius 2 is 2.18 bits per heavy atom. The van der Waals surface area contributed by atoms with Gasteiger partial charge in [0, 0.05) is 18.9 Å². The fourth-order valence-corrected chi connectivity index (χ4v) is 2.29. The zero-order valence-electron chi connectivity index (χ0n) is 12.6. The van der Waals surface area contributed by atoms with Crippen molar-refractivity contribution >= 4 is 0 Å². The molecule has 1 aliphatic heterocycles. The Labute approximate surface area is 126 Å². The number of aromatic amines is 1. The zero-order chi connectivity index (χ0) is 16.4. The van der Waals surface area contributed by atoms with Crippen LogP contribution >= 0.6 is 0 Å². The molecule has 5 atom stereocenters. The maximum atomic E-state index is 12.0. The lowest BCUT2D eigenvalue weighted by Gasteiger charge is -2.25. The smallest absolute Gasteiger partial charge is 0.330 e. The maximum Gasteiger partial charge on any atom is 0.330 e. The Kier molecular flexibility index (Phi) is 5.14. The first-order chi connectivity index (χ1) is 10.4. The van der Waals surface area contributed by atoms with Gasteiger partial charge in [-0.2, -0.15) is 0 Å². The molecule has 0 saturated carbocycles. The third kappa shape index (κ3) is 3.13. The number of methoxy groups -OCH3 is 1. The molecule has 1 aromatic heterocycles. The third-order valence-corrected chi connectivity index (χ3v) is 3.59. The summed E-state index contributed by atoms with van der Waals surface area (Å²) in [6.07, 6.45) is -3.30. The van der Waals surface area contributed by atoms with Crippen molar-refractivity contribution in [1.29, 1.82) is 0 Å². The van der Waals surface area contributed by atoms with E-state index in [1.807, 2.05) is 0 Å². The Bertz CT molecular complexity index is 626. The van der Waals surface area contributed by atoms with E-state index in [-0.39, 0.29) is 0 Å². The molecule has 0 spiro atoms. The monoisotopic (exact) mass is 316 g/mol. The van der Waals surface area contributed by atoms with Gasteiger partial charge in [-0.3, -0.25) is 14.3 Å². The summed E-state index contributed by atoms with van der Waals surface area (Å²) in [6.45, 7) is 2.73. The maximum absolute atomic E-state index is 12.0. The number of H-pyrrole nitrogens is 1. The molecule has 2 heterocycles. The Morgan fingerprint density at radius 1 is 1.50 bits per heavy atom. The van der Waals surface area contributed by atoms with Gasteiger partial charge >= 0.3 is 5.69 Å². The molecular formula is C13H20N2O7. The van der Waals surface area contributed by atoms with E-state index in [2.05, 4.69) is 4.98 Å². The average Bonchev–Trinajstić information content (AvgIpc) is 2.79. The van der Waals surface area contributed by atoms with Crippen LogP contribution in [0.1, 0.15) is 18.7 Å². The Balaban J connectivity index is 2.40. The summed E-state index contributed by atoms with van der Waals surface area (Å²) >= 11 is 0. The molecule has 0 amide bonds. The minimum absolute atomic E-state index is 0.309. The topological polar surface area (TPSA) is 123 Å². The summed E-state index contributed by atoms with van der Waals surface area (Å²) in [5.74, 6) is 0. The van der Waals surface area contributed by atoms with Gasteiger partial charge in [0.1, 0.15) is 18.3 Å². The predicted molar refractivity (Wildman–Crippen MR) is 74.4 cm³/mol. The molecule has 2 rings (SSSR count). The van der Waals surface area contributed by atoms with Crippen LogP contribution in [0.3, 0.4) is 0 Å². The van der Waals surface area contributed by atoms with Crippen LogP contribution in [0, 0.1) is 6.92 Å². The third-order valence-electron chi connectivity index (χ3n) is 3.59. The average molecular weight is 316 g/mol. The van der Waals surface area contributed by atoms with Gasteiger partial charge in [-0.25, -0.2) is 4.79 Å². The number of aliphatic hydroxyl groups excluding tert-OH is 2. The van der Waals surface area contributed by atoms with Gasteiger partial charge in [-0.05, 0) is 13.8 Å². The predicted octanol–water partition coefficient (Wildman–Crippen LogP) is -1.53. The van der Waals surface area contributed by atoms with E-state index < -0.39 is 48.7 Å².